The molecule has 0 bridgehead atoms. The maximum atomic E-state index is 12.7. The Balaban J connectivity index is 1.43. The first-order chi connectivity index (χ1) is 14.8. The molecule has 2 aromatic rings. The van der Waals surface area contributed by atoms with E-state index >= 15 is 0 Å². The molecule has 0 unspecified atom stereocenters. The highest BCUT2D eigenvalue weighted by molar-refractivity contribution is 7.90. The number of benzene rings is 2. The molecule has 0 N–H and O–H groups in total. The Bertz CT molecular complexity index is 1180. The zero-order chi connectivity index (χ0) is 22.2. The zero-order valence-electron chi connectivity index (χ0n) is 17.2. The van der Waals surface area contributed by atoms with Crippen molar-refractivity contribution in [3.63, 3.8) is 0 Å². The van der Waals surface area contributed by atoms with Crippen LogP contribution in [0.25, 0.3) is 0 Å². The van der Waals surface area contributed by atoms with Crippen molar-refractivity contribution < 1.29 is 27.5 Å². The van der Waals surface area contributed by atoms with Crippen LogP contribution >= 0.6 is 0 Å². The van der Waals surface area contributed by atoms with Gasteiger partial charge < -0.3 is 14.4 Å². The lowest BCUT2D eigenvalue weighted by Gasteiger charge is -2.32. The lowest BCUT2D eigenvalue weighted by molar-refractivity contribution is -0.140. The number of sulfonamides is 1. The van der Waals surface area contributed by atoms with E-state index in [1.54, 1.807) is 42.5 Å². The Morgan fingerprint density at radius 1 is 1.06 bits per heavy atom. The van der Waals surface area contributed by atoms with E-state index < -0.39 is 10.0 Å². The van der Waals surface area contributed by atoms with E-state index in [1.807, 2.05) is 4.90 Å². The van der Waals surface area contributed by atoms with Crippen LogP contribution in [0.5, 0.6) is 11.5 Å². The summed E-state index contributed by atoms with van der Waals surface area (Å²) < 4.78 is 39.3. The number of piperidine rings is 1. The maximum absolute atomic E-state index is 12.7. The van der Waals surface area contributed by atoms with Crippen molar-refractivity contribution >= 4 is 27.6 Å². The van der Waals surface area contributed by atoms with E-state index in [-0.39, 0.29) is 28.3 Å². The fourth-order valence-corrected chi connectivity index (χ4v) is 5.03. The van der Waals surface area contributed by atoms with Gasteiger partial charge in [0.05, 0.1) is 13.0 Å². The van der Waals surface area contributed by atoms with Crippen molar-refractivity contribution in [1.82, 2.24) is 4.90 Å². The molecule has 2 aliphatic rings. The molecule has 0 aromatic heterocycles. The van der Waals surface area contributed by atoms with Crippen molar-refractivity contribution in [2.75, 3.05) is 20.2 Å². The van der Waals surface area contributed by atoms with Crippen LogP contribution in [0.4, 0.5) is 0 Å². The standard InChI is InChI=1S/C22H22N2O6S/c1-14(25)16-7-8-18(19(13-16)29-2)30-22(26)15-9-11-24(12-10-15)21-17-5-3-4-6-20(17)31(27,28)23-21/h3-8,13,15H,9-12H2,1-2H3. The smallest absolute Gasteiger partial charge is 0.314 e. The van der Waals surface area contributed by atoms with E-state index in [9.17, 15) is 18.0 Å². The highest BCUT2D eigenvalue weighted by Crippen LogP contribution is 2.32. The summed E-state index contributed by atoms with van der Waals surface area (Å²) >= 11 is 0. The predicted molar refractivity (Wildman–Crippen MR) is 113 cm³/mol. The van der Waals surface area contributed by atoms with E-state index in [0.717, 1.165) is 0 Å². The van der Waals surface area contributed by atoms with Gasteiger partial charge in [-0.2, -0.15) is 8.42 Å². The number of ketones is 1. The number of carbonyl (C=O) groups is 2. The summed E-state index contributed by atoms with van der Waals surface area (Å²) in [6.07, 6.45) is 1.02. The fraction of sp³-hybridized carbons (Fsp3) is 0.318. The number of ether oxygens (including phenoxy) is 2. The minimum atomic E-state index is -3.68. The lowest BCUT2D eigenvalue weighted by atomic mass is 9.96. The predicted octanol–water partition coefficient (Wildman–Crippen LogP) is 2.66. The number of esters is 1. The summed E-state index contributed by atoms with van der Waals surface area (Å²) in [6, 6.07) is 11.4. The Morgan fingerprint density at radius 2 is 1.77 bits per heavy atom. The molecule has 0 atom stereocenters. The maximum Gasteiger partial charge on any atom is 0.314 e. The topological polar surface area (TPSA) is 102 Å². The van der Waals surface area contributed by atoms with E-state index in [2.05, 4.69) is 4.40 Å². The number of hydrogen-bond acceptors (Lipinski definition) is 7. The largest absolute Gasteiger partial charge is 0.493 e. The molecule has 9 heteroatoms. The molecule has 4 rings (SSSR count). The van der Waals surface area contributed by atoms with Gasteiger partial charge in [-0.15, -0.1) is 4.40 Å². The Morgan fingerprint density at radius 3 is 2.45 bits per heavy atom. The van der Waals surface area contributed by atoms with Crippen molar-refractivity contribution in [3.8, 4) is 11.5 Å². The summed E-state index contributed by atoms with van der Waals surface area (Å²) in [6.45, 7) is 2.43. The van der Waals surface area contributed by atoms with Crippen LogP contribution in [-0.2, 0) is 14.8 Å². The first-order valence-corrected chi connectivity index (χ1v) is 11.3. The third-order valence-electron chi connectivity index (χ3n) is 5.52. The molecule has 2 heterocycles. The van der Waals surface area contributed by atoms with E-state index in [0.29, 0.717) is 48.6 Å². The SMILES string of the molecule is COc1cc(C(C)=O)ccc1OC(=O)C1CCN(C2=NS(=O)(=O)c3ccccc32)CC1. The Labute approximate surface area is 180 Å². The number of nitrogens with zero attached hydrogens (tertiary/aromatic N) is 2. The van der Waals surface area contributed by atoms with Gasteiger partial charge >= 0.3 is 5.97 Å². The number of amidine groups is 1. The molecule has 31 heavy (non-hydrogen) atoms. The van der Waals surface area contributed by atoms with Crippen LogP contribution in [0.15, 0.2) is 51.8 Å². The molecule has 0 spiro atoms. The number of methoxy groups -OCH3 is 1. The van der Waals surface area contributed by atoms with Crippen LogP contribution in [0.1, 0.15) is 35.7 Å². The summed E-state index contributed by atoms with van der Waals surface area (Å²) in [5.41, 5.74) is 1.07. The molecule has 0 saturated carbocycles. The second kappa shape index (κ2) is 8.14. The molecule has 0 radical (unpaired) electrons. The quantitative estimate of drug-likeness (QED) is 0.407. The zero-order valence-corrected chi connectivity index (χ0v) is 18.0. The molecule has 8 nitrogen and oxygen atoms in total. The van der Waals surface area contributed by atoms with Gasteiger partial charge in [0.1, 0.15) is 4.90 Å². The van der Waals surface area contributed by atoms with E-state index in [1.165, 1.54) is 14.0 Å². The average molecular weight is 442 g/mol. The number of hydrogen-bond donors (Lipinski definition) is 0. The normalized spacial score (nSPS) is 17.6. The van der Waals surface area contributed by atoms with Gasteiger partial charge in [0, 0.05) is 24.2 Å². The Hall–Kier alpha value is -3.20. The first kappa shape index (κ1) is 21.0. The highest BCUT2D eigenvalue weighted by atomic mass is 32.2. The van der Waals surface area contributed by atoms with Gasteiger partial charge in [0.15, 0.2) is 23.1 Å². The number of carbonyl (C=O) groups excluding carboxylic acids is 2. The summed E-state index contributed by atoms with van der Waals surface area (Å²) in [5, 5.41) is 0. The molecule has 1 saturated heterocycles. The first-order valence-electron chi connectivity index (χ1n) is 9.90. The minimum Gasteiger partial charge on any atom is -0.493 e. The van der Waals surface area contributed by atoms with Gasteiger partial charge in [0.25, 0.3) is 10.0 Å². The van der Waals surface area contributed by atoms with Gasteiger partial charge in [-0.05, 0) is 50.1 Å². The fourth-order valence-electron chi connectivity index (χ4n) is 3.81. The van der Waals surface area contributed by atoms with Gasteiger partial charge in [-0.25, -0.2) is 0 Å². The van der Waals surface area contributed by atoms with Gasteiger partial charge in [-0.1, -0.05) is 12.1 Å². The van der Waals surface area contributed by atoms with Crippen molar-refractivity contribution in [2.45, 2.75) is 24.7 Å². The number of rotatable bonds is 4. The molecule has 1 fully saturated rings. The molecular weight excluding hydrogens is 420 g/mol. The van der Waals surface area contributed by atoms with Crippen LogP contribution in [-0.4, -0.2) is 51.1 Å². The number of likely N-dealkylation sites (tertiary alicyclic amines) is 1. The summed E-state index contributed by atoms with van der Waals surface area (Å²) in [4.78, 5) is 26.3. The molecule has 162 valence electrons. The average Bonchev–Trinajstić information content (AvgIpc) is 3.05. The summed E-state index contributed by atoms with van der Waals surface area (Å²) in [5.74, 6) is 0.198. The van der Waals surface area contributed by atoms with Crippen molar-refractivity contribution in [2.24, 2.45) is 10.3 Å². The monoisotopic (exact) mass is 442 g/mol. The second-order valence-corrected chi connectivity index (χ2v) is 9.06. The van der Waals surface area contributed by atoms with E-state index in [4.69, 9.17) is 9.47 Å². The molecule has 2 aliphatic heterocycles. The number of fused-ring (bicyclic) bond motifs is 1. The molecule has 0 aliphatic carbocycles. The third kappa shape index (κ3) is 4.05. The molecule has 2 aromatic carbocycles. The number of Topliss-reactive ketones (excluding diaryl/α,β-unsaturated/α-hetero) is 1. The minimum absolute atomic E-state index is 0.109. The van der Waals surface area contributed by atoms with Crippen molar-refractivity contribution in [1.29, 1.82) is 0 Å². The second-order valence-electron chi connectivity index (χ2n) is 7.49. The van der Waals surface area contributed by atoms with Crippen LogP contribution in [0, 0.1) is 5.92 Å². The van der Waals surface area contributed by atoms with Crippen molar-refractivity contribution in [3.05, 3.63) is 53.6 Å². The van der Waals surface area contributed by atoms with Crippen LogP contribution in [0.3, 0.4) is 0 Å². The highest BCUT2D eigenvalue weighted by Gasteiger charge is 2.35. The van der Waals surface area contributed by atoms with Crippen LogP contribution < -0.4 is 9.47 Å². The lowest BCUT2D eigenvalue weighted by Crippen LogP contribution is -2.41. The van der Waals surface area contributed by atoms with Crippen LogP contribution in [0.2, 0.25) is 0 Å². The summed E-state index contributed by atoms with van der Waals surface area (Å²) in [7, 11) is -2.23. The molecular formula is C22H22N2O6S. The van der Waals surface area contributed by atoms with Gasteiger partial charge in [-0.3, -0.25) is 9.59 Å². The van der Waals surface area contributed by atoms with Gasteiger partial charge in [0.2, 0.25) is 0 Å². The Kier molecular flexibility index (Phi) is 5.53. The third-order valence-corrected chi connectivity index (χ3v) is 6.85. The molecule has 0 amide bonds.